The summed E-state index contributed by atoms with van der Waals surface area (Å²) < 4.78 is 4.72. The molecule has 13 heavy (non-hydrogen) atoms. The molecule has 1 aliphatic rings. The second-order valence-electron chi connectivity index (χ2n) is 3.66. The number of esters is 1. The maximum absolute atomic E-state index is 11.2. The van der Waals surface area contributed by atoms with Gasteiger partial charge in [-0.05, 0) is 25.9 Å². The van der Waals surface area contributed by atoms with Crippen LogP contribution in [0, 0.1) is 5.92 Å². The van der Waals surface area contributed by atoms with Crippen molar-refractivity contribution in [2.45, 2.75) is 26.2 Å². The van der Waals surface area contributed by atoms with Crippen molar-refractivity contribution in [1.82, 2.24) is 4.90 Å². The zero-order valence-electron chi connectivity index (χ0n) is 8.58. The van der Waals surface area contributed by atoms with Crippen LogP contribution in [-0.2, 0) is 9.53 Å². The third-order valence-corrected chi connectivity index (χ3v) is 2.63. The van der Waals surface area contributed by atoms with E-state index in [-0.39, 0.29) is 11.9 Å². The van der Waals surface area contributed by atoms with E-state index >= 15 is 0 Å². The van der Waals surface area contributed by atoms with Gasteiger partial charge in [-0.15, -0.1) is 0 Å². The third-order valence-electron chi connectivity index (χ3n) is 2.63. The molecule has 0 bridgehead atoms. The molecule has 0 aromatic carbocycles. The van der Waals surface area contributed by atoms with Crippen molar-refractivity contribution in [3.05, 3.63) is 0 Å². The lowest BCUT2D eigenvalue weighted by Crippen LogP contribution is -2.24. The number of likely N-dealkylation sites (tertiary alicyclic amines) is 1. The molecule has 0 aromatic heterocycles. The molecule has 0 aromatic rings. The van der Waals surface area contributed by atoms with Gasteiger partial charge in [-0.2, -0.15) is 0 Å². The number of unbranched alkanes of at least 4 members (excludes halogenated alkanes) is 1. The van der Waals surface area contributed by atoms with E-state index in [2.05, 4.69) is 11.8 Å². The van der Waals surface area contributed by atoms with Gasteiger partial charge in [0.05, 0.1) is 13.0 Å². The molecule has 0 radical (unpaired) electrons. The molecule has 0 amide bonds. The van der Waals surface area contributed by atoms with Crippen LogP contribution in [-0.4, -0.2) is 37.6 Å². The lowest BCUT2D eigenvalue weighted by atomic mass is 10.1. The van der Waals surface area contributed by atoms with Crippen molar-refractivity contribution in [3.63, 3.8) is 0 Å². The second kappa shape index (κ2) is 5.22. The van der Waals surface area contributed by atoms with E-state index in [9.17, 15) is 4.79 Å². The first-order chi connectivity index (χ1) is 6.27. The average molecular weight is 185 g/mol. The Kier molecular flexibility index (Phi) is 4.22. The number of ether oxygens (including phenoxy) is 1. The van der Waals surface area contributed by atoms with Gasteiger partial charge in [-0.25, -0.2) is 0 Å². The molecule has 0 aliphatic carbocycles. The topological polar surface area (TPSA) is 29.5 Å². The van der Waals surface area contributed by atoms with Crippen LogP contribution in [0.25, 0.3) is 0 Å². The van der Waals surface area contributed by atoms with E-state index in [1.165, 1.54) is 20.0 Å². The fourth-order valence-corrected chi connectivity index (χ4v) is 1.78. The Labute approximate surface area is 80.1 Å². The molecule has 0 N–H and O–H groups in total. The fraction of sp³-hybridized carbons (Fsp3) is 0.900. The van der Waals surface area contributed by atoms with Crippen LogP contribution >= 0.6 is 0 Å². The van der Waals surface area contributed by atoms with Gasteiger partial charge in [0.15, 0.2) is 0 Å². The molecule has 0 saturated carbocycles. The summed E-state index contributed by atoms with van der Waals surface area (Å²) in [6, 6.07) is 0. The summed E-state index contributed by atoms with van der Waals surface area (Å²) in [5, 5.41) is 0. The summed E-state index contributed by atoms with van der Waals surface area (Å²) in [4.78, 5) is 13.5. The Morgan fingerprint density at radius 2 is 2.38 bits per heavy atom. The maximum Gasteiger partial charge on any atom is 0.310 e. The van der Waals surface area contributed by atoms with Crippen LogP contribution in [0.1, 0.15) is 26.2 Å². The Morgan fingerprint density at radius 3 is 3.00 bits per heavy atom. The zero-order chi connectivity index (χ0) is 9.68. The van der Waals surface area contributed by atoms with Crippen LogP contribution in [0.2, 0.25) is 0 Å². The summed E-state index contributed by atoms with van der Waals surface area (Å²) in [6.07, 6.45) is 3.42. The van der Waals surface area contributed by atoms with Gasteiger partial charge in [0.1, 0.15) is 0 Å². The third kappa shape index (κ3) is 2.99. The summed E-state index contributed by atoms with van der Waals surface area (Å²) in [6.45, 7) is 5.27. The van der Waals surface area contributed by atoms with Crippen LogP contribution in [0.15, 0.2) is 0 Å². The van der Waals surface area contributed by atoms with Gasteiger partial charge in [0.25, 0.3) is 0 Å². The largest absolute Gasteiger partial charge is 0.469 e. The van der Waals surface area contributed by atoms with Gasteiger partial charge in [0.2, 0.25) is 0 Å². The number of nitrogens with zero attached hydrogens (tertiary/aromatic N) is 1. The predicted molar refractivity (Wildman–Crippen MR) is 51.5 cm³/mol. The number of hydrogen-bond donors (Lipinski definition) is 0. The van der Waals surface area contributed by atoms with E-state index in [1.807, 2.05) is 0 Å². The molecule has 3 heteroatoms. The average Bonchev–Trinajstić information content (AvgIpc) is 2.62. The summed E-state index contributed by atoms with van der Waals surface area (Å²) in [5.74, 6) is 0.0841. The monoisotopic (exact) mass is 185 g/mol. The number of rotatable bonds is 4. The Morgan fingerprint density at radius 1 is 1.62 bits per heavy atom. The van der Waals surface area contributed by atoms with E-state index in [0.717, 1.165) is 26.1 Å². The van der Waals surface area contributed by atoms with Gasteiger partial charge in [-0.3, -0.25) is 4.79 Å². The lowest BCUT2D eigenvalue weighted by molar-refractivity contribution is -0.144. The normalized spacial score (nSPS) is 23.4. The van der Waals surface area contributed by atoms with E-state index in [1.54, 1.807) is 0 Å². The first kappa shape index (κ1) is 10.5. The number of carbonyl (C=O) groups excluding carboxylic acids is 1. The fourth-order valence-electron chi connectivity index (χ4n) is 1.78. The quantitative estimate of drug-likeness (QED) is 0.618. The van der Waals surface area contributed by atoms with E-state index < -0.39 is 0 Å². The van der Waals surface area contributed by atoms with Crippen molar-refractivity contribution in [2.24, 2.45) is 5.92 Å². The molecule has 3 nitrogen and oxygen atoms in total. The molecule has 76 valence electrons. The number of carbonyl (C=O) groups is 1. The van der Waals surface area contributed by atoms with E-state index in [4.69, 9.17) is 4.74 Å². The summed E-state index contributed by atoms with van der Waals surface area (Å²) >= 11 is 0. The number of hydrogen-bond acceptors (Lipinski definition) is 3. The highest BCUT2D eigenvalue weighted by Crippen LogP contribution is 2.17. The minimum Gasteiger partial charge on any atom is -0.469 e. The van der Waals surface area contributed by atoms with E-state index in [0.29, 0.717) is 0 Å². The van der Waals surface area contributed by atoms with Gasteiger partial charge in [0, 0.05) is 6.54 Å². The van der Waals surface area contributed by atoms with Gasteiger partial charge in [-0.1, -0.05) is 13.3 Å². The minimum atomic E-state index is -0.0426. The number of methoxy groups -OCH3 is 1. The zero-order valence-corrected chi connectivity index (χ0v) is 8.58. The lowest BCUT2D eigenvalue weighted by Gasteiger charge is -2.14. The van der Waals surface area contributed by atoms with Gasteiger partial charge < -0.3 is 9.64 Å². The maximum atomic E-state index is 11.2. The van der Waals surface area contributed by atoms with Crippen molar-refractivity contribution in [2.75, 3.05) is 26.7 Å². The first-order valence-corrected chi connectivity index (χ1v) is 5.08. The predicted octanol–water partition coefficient (Wildman–Crippen LogP) is 1.28. The standard InChI is InChI=1S/C10H19NO2/c1-3-4-6-11-7-5-9(8-11)10(12)13-2/h9H,3-8H2,1-2H3. The molecule has 1 aliphatic heterocycles. The molecular formula is C10H19NO2. The molecule has 1 atom stereocenters. The summed E-state index contributed by atoms with van der Waals surface area (Å²) in [7, 11) is 1.47. The molecule has 1 saturated heterocycles. The van der Waals surface area contributed by atoms with Crippen LogP contribution < -0.4 is 0 Å². The summed E-state index contributed by atoms with van der Waals surface area (Å²) in [5.41, 5.74) is 0. The van der Waals surface area contributed by atoms with Gasteiger partial charge >= 0.3 is 5.97 Å². The second-order valence-corrected chi connectivity index (χ2v) is 3.66. The Bertz CT molecular complexity index is 170. The smallest absolute Gasteiger partial charge is 0.310 e. The Balaban J connectivity index is 2.23. The van der Waals surface area contributed by atoms with Crippen LogP contribution in [0.5, 0.6) is 0 Å². The van der Waals surface area contributed by atoms with Crippen LogP contribution in [0.4, 0.5) is 0 Å². The SMILES string of the molecule is CCCCN1CCC(C(=O)OC)C1. The van der Waals surface area contributed by atoms with Crippen molar-refractivity contribution in [1.29, 1.82) is 0 Å². The first-order valence-electron chi connectivity index (χ1n) is 5.08. The van der Waals surface area contributed by atoms with Crippen molar-refractivity contribution in [3.8, 4) is 0 Å². The molecule has 1 rings (SSSR count). The highest BCUT2D eigenvalue weighted by Gasteiger charge is 2.28. The molecule has 1 heterocycles. The van der Waals surface area contributed by atoms with Crippen LogP contribution in [0.3, 0.4) is 0 Å². The Hall–Kier alpha value is -0.570. The molecule has 0 spiro atoms. The highest BCUT2D eigenvalue weighted by molar-refractivity contribution is 5.72. The highest BCUT2D eigenvalue weighted by atomic mass is 16.5. The molecular weight excluding hydrogens is 166 g/mol. The van der Waals surface area contributed by atoms with Crippen molar-refractivity contribution < 1.29 is 9.53 Å². The van der Waals surface area contributed by atoms with Crippen molar-refractivity contribution >= 4 is 5.97 Å². The molecule has 1 unspecified atom stereocenters. The minimum absolute atomic E-state index is 0.0426. The molecule has 1 fully saturated rings.